The zero-order valence-corrected chi connectivity index (χ0v) is 11.3. The normalized spacial score (nSPS) is 10.0. The second-order valence-corrected chi connectivity index (χ2v) is 4.42. The van der Waals surface area contributed by atoms with Gasteiger partial charge in [0, 0.05) is 18.7 Å². The summed E-state index contributed by atoms with van der Waals surface area (Å²) in [6.07, 6.45) is 4.01. The zero-order valence-electron chi connectivity index (χ0n) is 11.3. The average molecular weight is 268 g/mol. The maximum atomic E-state index is 9.85. The van der Waals surface area contributed by atoms with Gasteiger partial charge in [-0.05, 0) is 12.5 Å². The average Bonchev–Trinajstić information content (AvgIpc) is 2.49. The van der Waals surface area contributed by atoms with Crippen molar-refractivity contribution in [2.45, 2.75) is 19.9 Å². The number of hydrogen-bond donors (Lipinski definition) is 1. The standard InChI is InChI=1S/C15H16N4O/c1-2-7-19(11-12-5-3-4-6-14(12)20)15-10-17-13(8-16)9-18-15/h3-6,9-10,20H,2,7,11H2,1H3. The van der Waals surface area contributed by atoms with E-state index in [0.717, 1.165) is 18.5 Å². The van der Waals surface area contributed by atoms with Gasteiger partial charge in [-0.2, -0.15) is 5.26 Å². The number of hydrogen-bond acceptors (Lipinski definition) is 5. The summed E-state index contributed by atoms with van der Waals surface area (Å²) >= 11 is 0. The lowest BCUT2D eigenvalue weighted by Crippen LogP contribution is -2.24. The lowest BCUT2D eigenvalue weighted by Gasteiger charge is -2.23. The molecule has 1 aromatic heterocycles. The Kier molecular flexibility index (Phi) is 4.51. The third kappa shape index (κ3) is 3.23. The molecule has 1 N–H and O–H groups in total. The predicted octanol–water partition coefficient (Wildman–Crippen LogP) is 2.47. The van der Waals surface area contributed by atoms with E-state index in [1.165, 1.54) is 6.20 Å². The highest BCUT2D eigenvalue weighted by molar-refractivity contribution is 5.41. The Hall–Kier alpha value is -2.61. The predicted molar refractivity (Wildman–Crippen MR) is 76.2 cm³/mol. The van der Waals surface area contributed by atoms with Crippen molar-refractivity contribution in [1.82, 2.24) is 9.97 Å². The molecular formula is C15H16N4O. The number of aromatic hydroxyl groups is 1. The van der Waals surface area contributed by atoms with Gasteiger partial charge in [-0.3, -0.25) is 0 Å². The molecule has 102 valence electrons. The molecule has 20 heavy (non-hydrogen) atoms. The van der Waals surface area contributed by atoms with E-state index in [1.54, 1.807) is 18.3 Å². The summed E-state index contributed by atoms with van der Waals surface area (Å²) < 4.78 is 0. The molecule has 2 rings (SSSR count). The molecule has 0 aliphatic heterocycles. The first kappa shape index (κ1) is 13.8. The highest BCUT2D eigenvalue weighted by Gasteiger charge is 2.10. The number of rotatable bonds is 5. The van der Waals surface area contributed by atoms with Crippen molar-refractivity contribution in [1.29, 1.82) is 5.26 Å². The molecule has 2 aromatic rings. The quantitative estimate of drug-likeness (QED) is 0.901. The van der Waals surface area contributed by atoms with E-state index in [2.05, 4.69) is 16.9 Å². The van der Waals surface area contributed by atoms with Crippen molar-refractivity contribution in [3.63, 3.8) is 0 Å². The van der Waals surface area contributed by atoms with E-state index in [4.69, 9.17) is 5.26 Å². The van der Waals surface area contributed by atoms with Crippen molar-refractivity contribution < 1.29 is 5.11 Å². The molecule has 1 heterocycles. The molecule has 0 radical (unpaired) electrons. The first-order valence-corrected chi connectivity index (χ1v) is 6.48. The topological polar surface area (TPSA) is 73.0 Å². The molecule has 0 saturated carbocycles. The minimum Gasteiger partial charge on any atom is -0.508 e. The van der Waals surface area contributed by atoms with Crippen molar-refractivity contribution in [3.8, 4) is 11.8 Å². The Balaban J connectivity index is 2.22. The molecule has 5 nitrogen and oxygen atoms in total. The zero-order chi connectivity index (χ0) is 14.4. The van der Waals surface area contributed by atoms with Crippen molar-refractivity contribution in [2.75, 3.05) is 11.4 Å². The van der Waals surface area contributed by atoms with Gasteiger partial charge < -0.3 is 10.0 Å². The lowest BCUT2D eigenvalue weighted by atomic mass is 10.2. The van der Waals surface area contributed by atoms with Crippen LogP contribution in [-0.2, 0) is 6.54 Å². The maximum Gasteiger partial charge on any atom is 0.158 e. The Morgan fingerprint density at radius 3 is 2.65 bits per heavy atom. The van der Waals surface area contributed by atoms with Crippen LogP contribution in [0, 0.1) is 11.3 Å². The van der Waals surface area contributed by atoms with Crippen molar-refractivity contribution in [2.24, 2.45) is 0 Å². The Morgan fingerprint density at radius 2 is 2.05 bits per heavy atom. The van der Waals surface area contributed by atoms with Crippen LogP contribution in [0.15, 0.2) is 36.7 Å². The van der Waals surface area contributed by atoms with E-state index < -0.39 is 0 Å². The molecule has 0 unspecified atom stereocenters. The third-order valence-corrected chi connectivity index (χ3v) is 2.92. The summed E-state index contributed by atoms with van der Waals surface area (Å²) in [5.41, 5.74) is 1.14. The van der Waals surface area contributed by atoms with Gasteiger partial charge in [-0.15, -0.1) is 0 Å². The second kappa shape index (κ2) is 6.53. The molecule has 0 fully saturated rings. The highest BCUT2D eigenvalue weighted by atomic mass is 16.3. The summed E-state index contributed by atoms with van der Waals surface area (Å²) in [6.45, 7) is 3.44. The van der Waals surface area contributed by atoms with Gasteiger partial charge in [0.15, 0.2) is 5.69 Å². The molecule has 0 aliphatic carbocycles. The lowest BCUT2D eigenvalue weighted by molar-refractivity contribution is 0.467. The SMILES string of the molecule is CCCN(Cc1ccccc1O)c1cnc(C#N)cn1. The van der Waals surface area contributed by atoms with E-state index >= 15 is 0 Å². The number of phenols is 1. The summed E-state index contributed by atoms with van der Waals surface area (Å²) in [5, 5.41) is 18.6. The van der Waals surface area contributed by atoms with E-state index in [0.29, 0.717) is 18.1 Å². The van der Waals surface area contributed by atoms with Crippen LogP contribution in [-0.4, -0.2) is 21.6 Å². The number of nitriles is 1. The van der Waals surface area contributed by atoms with Crippen LogP contribution in [0.1, 0.15) is 24.6 Å². The molecule has 1 aromatic carbocycles. The van der Waals surface area contributed by atoms with Crippen molar-refractivity contribution >= 4 is 5.82 Å². The number of phenolic OH excluding ortho intramolecular Hbond substituents is 1. The third-order valence-electron chi connectivity index (χ3n) is 2.92. The summed E-state index contributed by atoms with van der Waals surface area (Å²) in [6, 6.07) is 9.19. The van der Waals surface area contributed by atoms with Crippen LogP contribution in [0.5, 0.6) is 5.75 Å². The van der Waals surface area contributed by atoms with Crippen LogP contribution in [0.2, 0.25) is 0 Å². The molecular weight excluding hydrogens is 252 g/mol. The molecule has 0 saturated heterocycles. The van der Waals surface area contributed by atoms with Gasteiger partial charge in [0.25, 0.3) is 0 Å². The summed E-state index contributed by atoms with van der Waals surface area (Å²) in [5.74, 6) is 0.976. The van der Waals surface area contributed by atoms with E-state index in [-0.39, 0.29) is 5.75 Å². The second-order valence-electron chi connectivity index (χ2n) is 4.42. The smallest absolute Gasteiger partial charge is 0.158 e. The fourth-order valence-corrected chi connectivity index (χ4v) is 1.94. The van der Waals surface area contributed by atoms with E-state index in [9.17, 15) is 5.11 Å². The fraction of sp³-hybridized carbons (Fsp3) is 0.267. The van der Waals surface area contributed by atoms with Crippen molar-refractivity contribution in [3.05, 3.63) is 47.9 Å². The van der Waals surface area contributed by atoms with Crippen LogP contribution in [0.25, 0.3) is 0 Å². The van der Waals surface area contributed by atoms with Crippen LogP contribution in [0.3, 0.4) is 0 Å². The number of nitrogens with zero attached hydrogens (tertiary/aromatic N) is 4. The van der Waals surface area contributed by atoms with Crippen LogP contribution < -0.4 is 4.90 Å². The molecule has 0 bridgehead atoms. The summed E-state index contributed by atoms with van der Waals surface area (Å²) in [4.78, 5) is 10.3. The highest BCUT2D eigenvalue weighted by Crippen LogP contribution is 2.20. The van der Waals surface area contributed by atoms with Gasteiger partial charge in [0.05, 0.1) is 12.4 Å². The molecule has 0 spiro atoms. The van der Waals surface area contributed by atoms with Crippen LogP contribution >= 0.6 is 0 Å². The number of benzene rings is 1. The van der Waals surface area contributed by atoms with E-state index in [1.807, 2.05) is 23.1 Å². The van der Waals surface area contributed by atoms with Gasteiger partial charge in [-0.1, -0.05) is 25.1 Å². The first-order chi connectivity index (χ1) is 9.74. The minimum atomic E-state index is 0.273. The number of anilines is 1. The van der Waals surface area contributed by atoms with Gasteiger partial charge in [0.1, 0.15) is 17.6 Å². The molecule has 0 amide bonds. The first-order valence-electron chi connectivity index (χ1n) is 6.48. The summed E-state index contributed by atoms with van der Waals surface area (Å²) in [7, 11) is 0. The minimum absolute atomic E-state index is 0.273. The van der Waals surface area contributed by atoms with Gasteiger partial charge in [0.2, 0.25) is 0 Å². The number of para-hydroxylation sites is 1. The monoisotopic (exact) mass is 268 g/mol. The Bertz CT molecular complexity index is 604. The fourth-order valence-electron chi connectivity index (χ4n) is 1.94. The molecule has 5 heteroatoms. The molecule has 0 aliphatic rings. The number of aromatic nitrogens is 2. The Morgan fingerprint density at radius 1 is 1.25 bits per heavy atom. The maximum absolute atomic E-state index is 9.85. The largest absolute Gasteiger partial charge is 0.508 e. The van der Waals surface area contributed by atoms with Gasteiger partial charge in [-0.25, -0.2) is 9.97 Å². The molecule has 0 atom stereocenters. The van der Waals surface area contributed by atoms with Crippen LogP contribution in [0.4, 0.5) is 5.82 Å². The Labute approximate surface area is 118 Å². The van der Waals surface area contributed by atoms with Gasteiger partial charge >= 0.3 is 0 Å².